The Balaban J connectivity index is 1.51. The van der Waals surface area contributed by atoms with E-state index in [9.17, 15) is 9.18 Å². The zero-order valence-electron chi connectivity index (χ0n) is 18.1. The Hall–Kier alpha value is -3.82. The summed E-state index contributed by atoms with van der Waals surface area (Å²) in [5.41, 5.74) is 2.12. The first kappa shape index (κ1) is 21.0. The fraction of sp³-hybridized carbons (Fsp3) is 0.304. The molecule has 1 aromatic carbocycles. The molecule has 4 aromatic rings. The molecule has 1 aliphatic rings. The molecule has 0 unspecified atom stereocenters. The number of nitrogens with one attached hydrogen (secondary N) is 1. The van der Waals surface area contributed by atoms with Crippen molar-refractivity contribution in [3.63, 3.8) is 0 Å². The number of rotatable bonds is 4. The highest BCUT2D eigenvalue weighted by Gasteiger charge is 2.31. The number of benzene rings is 1. The number of fused-ring (bicyclic) bond motifs is 2. The molecule has 8 nitrogen and oxygen atoms in total. The number of alkyl halides is 1. The Bertz CT molecular complexity index is 1360. The summed E-state index contributed by atoms with van der Waals surface area (Å²) in [5.74, 6) is -0.363. The van der Waals surface area contributed by atoms with Crippen LogP contribution in [0.25, 0.3) is 27.5 Å². The summed E-state index contributed by atoms with van der Waals surface area (Å²) in [5, 5.41) is 8.21. The zero-order chi connectivity index (χ0) is 23.1. The molecule has 1 saturated heterocycles. The number of carbonyl (C=O) groups excluding carboxylic acids is 1. The topological polar surface area (TPSA) is 84.6 Å². The predicted molar refractivity (Wildman–Crippen MR) is 119 cm³/mol. The van der Waals surface area contributed by atoms with Crippen LogP contribution in [0.2, 0.25) is 0 Å². The molecule has 170 valence electrons. The molecule has 10 heteroatoms. The Morgan fingerprint density at radius 3 is 2.91 bits per heavy atom. The summed E-state index contributed by atoms with van der Waals surface area (Å²) in [7, 11) is 1.44. The van der Waals surface area contributed by atoms with Gasteiger partial charge in [0.15, 0.2) is 5.82 Å². The smallest absolute Gasteiger partial charge is 0.244 e. The first-order valence-corrected chi connectivity index (χ1v) is 10.6. The summed E-state index contributed by atoms with van der Waals surface area (Å²) in [6.07, 6.45) is 2.07. The monoisotopic (exact) mass is 452 g/mol. The molecule has 1 fully saturated rings. The molecule has 0 spiro atoms. The molecule has 33 heavy (non-hydrogen) atoms. The van der Waals surface area contributed by atoms with Crippen molar-refractivity contribution >= 4 is 28.3 Å². The van der Waals surface area contributed by atoms with E-state index in [1.54, 1.807) is 12.3 Å². The first-order chi connectivity index (χ1) is 15.9. The lowest BCUT2D eigenvalue weighted by Crippen LogP contribution is -2.49. The summed E-state index contributed by atoms with van der Waals surface area (Å²) >= 11 is 0. The highest BCUT2D eigenvalue weighted by Crippen LogP contribution is 2.35. The van der Waals surface area contributed by atoms with E-state index in [0.717, 1.165) is 10.9 Å². The second kappa shape index (κ2) is 8.27. The molecule has 0 aliphatic carbocycles. The highest BCUT2D eigenvalue weighted by molar-refractivity contribution is 5.91. The number of piperidine rings is 1. The highest BCUT2D eigenvalue weighted by atomic mass is 19.1. The maximum atomic E-state index is 15.1. The van der Waals surface area contributed by atoms with Crippen molar-refractivity contribution in [3.8, 4) is 17.0 Å². The predicted octanol–water partition coefficient (Wildman–Crippen LogP) is 3.46. The van der Waals surface area contributed by atoms with Gasteiger partial charge in [0, 0.05) is 25.1 Å². The van der Waals surface area contributed by atoms with E-state index in [4.69, 9.17) is 4.74 Å². The Morgan fingerprint density at radius 1 is 1.30 bits per heavy atom. The minimum Gasteiger partial charge on any atom is -0.479 e. The average molecular weight is 452 g/mol. The van der Waals surface area contributed by atoms with Gasteiger partial charge >= 0.3 is 0 Å². The van der Waals surface area contributed by atoms with Gasteiger partial charge in [-0.2, -0.15) is 4.98 Å². The summed E-state index contributed by atoms with van der Waals surface area (Å²) in [6.45, 7) is 1.87. The zero-order valence-corrected chi connectivity index (χ0v) is 18.1. The van der Waals surface area contributed by atoms with Crippen molar-refractivity contribution < 1.29 is 18.3 Å². The van der Waals surface area contributed by atoms with Crippen LogP contribution in [0.15, 0.2) is 42.7 Å². The molecule has 1 N–H and O–H groups in total. The van der Waals surface area contributed by atoms with E-state index < -0.39 is 18.0 Å². The molecule has 5 rings (SSSR count). The molecule has 3 aromatic heterocycles. The number of pyridine rings is 1. The lowest BCUT2D eigenvalue weighted by atomic mass is 10.0. The van der Waals surface area contributed by atoms with E-state index in [1.807, 2.05) is 24.3 Å². The number of hydrogen-bond donors (Lipinski definition) is 1. The Kier molecular flexibility index (Phi) is 5.27. The van der Waals surface area contributed by atoms with Crippen molar-refractivity contribution in [2.75, 3.05) is 25.5 Å². The third-order valence-corrected chi connectivity index (χ3v) is 5.94. The largest absolute Gasteiger partial charge is 0.479 e. The number of halogens is 2. The van der Waals surface area contributed by atoms with Crippen LogP contribution in [0.4, 0.5) is 14.7 Å². The van der Waals surface area contributed by atoms with Crippen molar-refractivity contribution in [1.82, 2.24) is 24.5 Å². The third-order valence-electron chi connectivity index (χ3n) is 5.94. The van der Waals surface area contributed by atoms with Crippen molar-refractivity contribution in [1.29, 1.82) is 0 Å². The van der Waals surface area contributed by atoms with E-state index in [-0.39, 0.29) is 24.3 Å². The van der Waals surface area contributed by atoms with E-state index in [2.05, 4.69) is 20.4 Å². The molecule has 1 aliphatic heterocycles. The van der Waals surface area contributed by atoms with Crippen LogP contribution >= 0.6 is 0 Å². The van der Waals surface area contributed by atoms with Crippen LogP contribution < -0.4 is 10.1 Å². The maximum Gasteiger partial charge on any atom is 0.244 e. The molecule has 0 bridgehead atoms. The summed E-state index contributed by atoms with van der Waals surface area (Å²) in [4.78, 5) is 21.7. The SMILES string of the molecule is COc1nc(N[C@H]2CCN(C(C)=O)C[C@H]2F)nn2cc(F)c(-c3ccc4ncccc4c3)c12. The minimum atomic E-state index is -1.28. The lowest BCUT2D eigenvalue weighted by molar-refractivity contribution is -0.131. The number of likely N-dealkylation sites (tertiary alicyclic amines) is 1. The fourth-order valence-electron chi connectivity index (χ4n) is 4.25. The fourth-order valence-corrected chi connectivity index (χ4v) is 4.25. The molecule has 1 amide bonds. The van der Waals surface area contributed by atoms with E-state index in [1.165, 1.54) is 29.6 Å². The van der Waals surface area contributed by atoms with Crippen LogP contribution in [-0.2, 0) is 4.79 Å². The van der Waals surface area contributed by atoms with Crippen LogP contribution in [0.5, 0.6) is 5.88 Å². The van der Waals surface area contributed by atoms with Gasteiger partial charge < -0.3 is 15.0 Å². The van der Waals surface area contributed by atoms with Crippen molar-refractivity contribution in [3.05, 3.63) is 48.5 Å². The maximum absolute atomic E-state index is 15.1. The normalized spacial score (nSPS) is 18.6. The molecule has 4 heterocycles. The number of hydrogen-bond acceptors (Lipinski definition) is 6. The standard InChI is InChI=1S/C23H22F2N6O2/c1-13(32)30-9-7-19(16(24)11-30)27-23-28-22(33-2)21-20(17(25)12-31(21)29-23)15-5-6-18-14(10-15)4-3-8-26-18/h3-6,8,10,12,16,19H,7,9,11H2,1-2H3,(H,27,29)/t16-,19+/m1/s1. The number of anilines is 1. The van der Waals surface area contributed by atoms with Gasteiger partial charge in [0.1, 0.15) is 11.7 Å². The van der Waals surface area contributed by atoms with Crippen molar-refractivity contribution in [2.45, 2.75) is 25.6 Å². The van der Waals surface area contributed by atoms with Gasteiger partial charge in [-0.05, 0) is 30.2 Å². The van der Waals surface area contributed by atoms with Crippen molar-refractivity contribution in [2.24, 2.45) is 0 Å². The van der Waals surface area contributed by atoms with Gasteiger partial charge in [-0.1, -0.05) is 12.1 Å². The van der Waals surface area contributed by atoms with Gasteiger partial charge in [0.25, 0.3) is 0 Å². The van der Waals surface area contributed by atoms with E-state index in [0.29, 0.717) is 29.6 Å². The van der Waals surface area contributed by atoms with Gasteiger partial charge in [-0.15, -0.1) is 5.10 Å². The van der Waals surface area contributed by atoms with Gasteiger partial charge in [0.2, 0.25) is 17.7 Å². The third kappa shape index (κ3) is 3.81. The van der Waals surface area contributed by atoms with Crippen LogP contribution in [0, 0.1) is 5.82 Å². The number of ether oxygens (including phenoxy) is 1. The second-order valence-electron chi connectivity index (χ2n) is 8.02. The number of carbonyl (C=O) groups is 1. The minimum absolute atomic E-state index is 0.00545. The van der Waals surface area contributed by atoms with Gasteiger partial charge in [-0.25, -0.2) is 13.3 Å². The Morgan fingerprint density at radius 2 is 2.15 bits per heavy atom. The molecule has 2 atom stereocenters. The van der Waals surface area contributed by atoms with Gasteiger partial charge in [-0.3, -0.25) is 9.78 Å². The number of aromatic nitrogens is 4. The van der Waals surface area contributed by atoms with Crippen LogP contribution in [-0.4, -0.2) is 62.8 Å². The summed E-state index contributed by atoms with van der Waals surface area (Å²) < 4.78 is 36.6. The Labute approximate surface area is 188 Å². The quantitative estimate of drug-likeness (QED) is 0.511. The number of methoxy groups -OCH3 is 1. The van der Waals surface area contributed by atoms with Gasteiger partial charge in [0.05, 0.1) is 37.0 Å². The van der Waals surface area contributed by atoms with Crippen LogP contribution in [0.3, 0.4) is 0 Å². The molecule has 0 saturated carbocycles. The first-order valence-electron chi connectivity index (χ1n) is 10.6. The number of amides is 1. The molecular weight excluding hydrogens is 430 g/mol. The lowest BCUT2D eigenvalue weighted by Gasteiger charge is -2.34. The summed E-state index contributed by atoms with van der Waals surface area (Å²) in [6, 6.07) is 8.61. The molecule has 0 radical (unpaired) electrons. The second-order valence-corrected chi connectivity index (χ2v) is 8.02. The van der Waals surface area contributed by atoms with E-state index >= 15 is 4.39 Å². The van der Waals surface area contributed by atoms with Crippen LogP contribution in [0.1, 0.15) is 13.3 Å². The molecular formula is C23H22F2N6O2. The number of nitrogens with zero attached hydrogens (tertiary/aromatic N) is 5. The average Bonchev–Trinajstić information content (AvgIpc) is 3.15.